The third-order valence-corrected chi connectivity index (χ3v) is 4.94. The van der Waals surface area contributed by atoms with E-state index in [4.69, 9.17) is 4.74 Å². The molecule has 0 bridgehead atoms. The molecular formula is C23H23FO3. The number of ketones is 1. The van der Waals surface area contributed by atoms with Crippen molar-refractivity contribution in [1.29, 1.82) is 0 Å². The molecule has 0 unspecified atom stereocenters. The molecule has 2 aromatic rings. The molecule has 27 heavy (non-hydrogen) atoms. The second-order valence-electron chi connectivity index (χ2n) is 6.87. The lowest BCUT2D eigenvalue weighted by Gasteiger charge is -2.22. The fraction of sp³-hybridized carbons (Fsp3) is 0.304. The number of esters is 1. The molecule has 0 amide bonds. The molecule has 2 aromatic carbocycles. The van der Waals surface area contributed by atoms with E-state index >= 15 is 0 Å². The maximum atomic E-state index is 12.8. The smallest absolute Gasteiger partial charge is 0.331 e. The van der Waals surface area contributed by atoms with Crippen LogP contribution in [0.1, 0.15) is 59.5 Å². The van der Waals surface area contributed by atoms with Crippen molar-refractivity contribution < 1.29 is 18.7 Å². The first kappa shape index (κ1) is 19.0. The topological polar surface area (TPSA) is 43.4 Å². The zero-order valence-corrected chi connectivity index (χ0v) is 15.2. The van der Waals surface area contributed by atoms with Crippen LogP contribution in [0.5, 0.6) is 0 Å². The van der Waals surface area contributed by atoms with Gasteiger partial charge in [-0.05, 0) is 48.1 Å². The predicted molar refractivity (Wildman–Crippen MR) is 103 cm³/mol. The lowest BCUT2D eigenvalue weighted by atomic mass is 9.84. The molecule has 1 aliphatic rings. The summed E-state index contributed by atoms with van der Waals surface area (Å²) >= 11 is 0. The lowest BCUT2D eigenvalue weighted by molar-refractivity contribution is -0.136. The second kappa shape index (κ2) is 9.26. The highest BCUT2D eigenvalue weighted by atomic mass is 19.1. The van der Waals surface area contributed by atoms with Crippen LogP contribution < -0.4 is 0 Å². The van der Waals surface area contributed by atoms with E-state index in [1.807, 2.05) is 24.3 Å². The number of hydrogen-bond acceptors (Lipinski definition) is 3. The van der Waals surface area contributed by atoms with E-state index in [-0.39, 0.29) is 18.2 Å². The highest BCUT2D eigenvalue weighted by Gasteiger charge is 2.16. The first-order valence-electron chi connectivity index (χ1n) is 9.35. The van der Waals surface area contributed by atoms with Gasteiger partial charge in [0.05, 0.1) is 0 Å². The molecule has 1 saturated carbocycles. The molecule has 0 heterocycles. The molecule has 1 aliphatic carbocycles. The van der Waals surface area contributed by atoms with Gasteiger partial charge < -0.3 is 4.74 Å². The van der Waals surface area contributed by atoms with Gasteiger partial charge in [-0.15, -0.1) is 0 Å². The van der Waals surface area contributed by atoms with Gasteiger partial charge in [-0.1, -0.05) is 55.7 Å². The van der Waals surface area contributed by atoms with Crippen LogP contribution in [-0.4, -0.2) is 18.4 Å². The fourth-order valence-corrected chi connectivity index (χ4v) is 3.38. The van der Waals surface area contributed by atoms with E-state index in [1.165, 1.54) is 62.0 Å². The van der Waals surface area contributed by atoms with E-state index in [0.717, 1.165) is 0 Å². The zero-order valence-electron chi connectivity index (χ0n) is 15.2. The maximum Gasteiger partial charge on any atom is 0.331 e. The van der Waals surface area contributed by atoms with Crippen LogP contribution in [0.2, 0.25) is 0 Å². The van der Waals surface area contributed by atoms with Crippen molar-refractivity contribution in [2.45, 2.75) is 38.0 Å². The summed E-state index contributed by atoms with van der Waals surface area (Å²) in [6.45, 7) is -0.296. The molecule has 3 rings (SSSR count). The van der Waals surface area contributed by atoms with Crippen LogP contribution in [0.3, 0.4) is 0 Å². The summed E-state index contributed by atoms with van der Waals surface area (Å²) in [5, 5.41) is 0. The van der Waals surface area contributed by atoms with Crippen molar-refractivity contribution in [3.05, 3.63) is 77.1 Å². The first-order valence-corrected chi connectivity index (χ1v) is 9.35. The zero-order chi connectivity index (χ0) is 19.1. The van der Waals surface area contributed by atoms with Crippen LogP contribution in [0.4, 0.5) is 4.39 Å². The molecule has 1 fully saturated rings. The van der Waals surface area contributed by atoms with Gasteiger partial charge in [0.1, 0.15) is 5.82 Å². The molecule has 0 spiro atoms. The van der Waals surface area contributed by atoms with Crippen molar-refractivity contribution in [3.8, 4) is 0 Å². The summed E-state index contributed by atoms with van der Waals surface area (Å²) in [4.78, 5) is 23.9. The van der Waals surface area contributed by atoms with Crippen molar-refractivity contribution in [3.63, 3.8) is 0 Å². The highest BCUT2D eigenvalue weighted by molar-refractivity contribution is 5.98. The van der Waals surface area contributed by atoms with Gasteiger partial charge in [0, 0.05) is 11.6 Å². The van der Waals surface area contributed by atoms with Gasteiger partial charge in [-0.2, -0.15) is 0 Å². The highest BCUT2D eigenvalue weighted by Crippen LogP contribution is 2.32. The van der Waals surface area contributed by atoms with Crippen LogP contribution in [0.15, 0.2) is 54.6 Å². The van der Waals surface area contributed by atoms with Crippen LogP contribution in [-0.2, 0) is 9.53 Å². The summed E-state index contributed by atoms with van der Waals surface area (Å²) in [7, 11) is 0. The van der Waals surface area contributed by atoms with Crippen LogP contribution in [0, 0.1) is 5.82 Å². The Kier molecular flexibility index (Phi) is 6.53. The molecule has 0 aliphatic heterocycles. The Balaban J connectivity index is 1.49. The number of hydrogen-bond donors (Lipinski definition) is 0. The molecule has 0 radical (unpaired) electrons. The summed E-state index contributed by atoms with van der Waals surface area (Å²) < 4.78 is 17.8. The van der Waals surface area contributed by atoms with Crippen molar-refractivity contribution in [2.24, 2.45) is 0 Å². The van der Waals surface area contributed by atoms with E-state index in [0.29, 0.717) is 17.0 Å². The average molecular weight is 366 g/mol. The largest absolute Gasteiger partial charge is 0.454 e. The lowest BCUT2D eigenvalue weighted by Crippen LogP contribution is -2.13. The normalized spacial score (nSPS) is 15.0. The predicted octanol–water partition coefficient (Wildman–Crippen LogP) is 5.31. The Morgan fingerprint density at radius 2 is 1.63 bits per heavy atom. The standard InChI is InChI=1S/C23H23FO3/c24-21-13-6-17(7-14-21)8-15-23(26)27-16-22(25)20-11-9-19(10-12-20)18-4-2-1-3-5-18/h6-15,18H,1-5,16H2/b15-8+. The Morgan fingerprint density at radius 1 is 0.963 bits per heavy atom. The maximum absolute atomic E-state index is 12.8. The van der Waals surface area contributed by atoms with Gasteiger partial charge in [0.25, 0.3) is 0 Å². The minimum atomic E-state index is -0.605. The fourth-order valence-electron chi connectivity index (χ4n) is 3.38. The monoisotopic (exact) mass is 366 g/mol. The van der Waals surface area contributed by atoms with Crippen molar-refractivity contribution in [1.82, 2.24) is 0 Å². The molecule has 3 nitrogen and oxygen atoms in total. The molecule has 0 N–H and O–H groups in total. The van der Waals surface area contributed by atoms with Gasteiger partial charge in [0.2, 0.25) is 0 Å². The number of Topliss-reactive ketones (excluding diaryl/α,β-unsaturated/α-hetero) is 1. The molecular weight excluding hydrogens is 343 g/mol. The SMILES string of the molecule is O=C(/C=C/c1ccc(F)cc1)OCC(=O)c1ccc(C2CCCCC2)cc1. The number of carbonyl (C=O) groups is 2. The average Bonchev–Trinajstić information content (AvgIpc) is 2.72. The molecule has 0 aromatic heterocycles. The van der Waals surface area contributed by atoms with E-state index in [2.05, 4.69) is 0 Å². The van der Waals surface area contributed by atoms with Gasteiger partial charge in [-0.25, -0.2) is 9.18 Å². The van der Waals surface area contributed by atoms with Crippen molar-refractivity contribution >= 4 is 17.8 Å². The number of benzene rings is 2. The third kappa shape index (κ3) is 5.61. The Morgan fingerprint density at radius 3 is 2.30 bits per heavy atom. The Hall–Kier alpha value is -2.75. The number of carbonyl (C=O) groups excluding carboxylic acids is 2. The minimum Gasteiger partial charge on any atom is -0.454 e. The van der Waals surface area contributed by atoms with Gasteiger partial charge in [-0.3, -0.25) is 4.79 Å². The van der Waals surface area contributed by atoms with Crippen LogP contribution in [0.25, 0.3) is 6.08 Å². The third-order valence-electron chi connectivity index (χ3n) is 4.94. The number of halogens is 1. The second-order valence-corrected chi connectivity index (χ2v) is 6.87. The summed E-state index contributed by atoms with van der Waals surface area (Å²) in [5.74, 6) is -0.576. The van der Waals surface area contributed by atoms with Crippen LogP contribution >= 0.6 is 0 Å². The minimum absolute atomic E-state index is 0.228. The molecule has 0 atom stereocenters. The summed E-state index contributed by atoms with van der Waals surface area (Å²) in [6, 6.07) is 13.4. The van der Waals surface area contributed by atoms with Gasteiger partial charge in [0.15, 0.2) is 12.4 Å². The Labute approximate surface area is 158 Å². The quantitative estimate of drug-likeness (QED) is 0.395. The van der Waals surface area contributed by atoms with E-state index in [1.54, 1.807) is 12.1 Å². The van der Waals surface area contributed by atoms with E-state index < -0.39 is 5.97 Å². The molecule has 4 heteroatoms. The molecule has 140 valence electrons. The van der Waals surface area contributed by atoms with Crippen molar-refractivity contribution in [2.75, 3.05) is 6.61 Å². The first-order chi connectivity index (χ1) is 13.1. The number of rotatable bonds is 6. The summed E-state index contributed by atoms with van der Waals surface area (Å²) in [5.41, 5.74) is 2.51. The number of ether oxygens (including phenoxy) is 1. The van der Waals surface area contributed by atoms with Gasteiger partial charge >= 0.3 is 5.97 Å². The molecule has 0 saturated heterocycles. The van der Waals surface area contributed by atoms with E-state index in [9.17, 15) is 14.0 Å². The Bertz CT molecular complexity index is 801. The summed E-state index contributed by atoms with van der Waals surface area (Å²) in [6.07, 6.45) is 9.03.